The largest absolute Gasteiger partial charge is 0.395 e. The number of carbonyl (C=O) groups is 1. The Labute approximate surface area is 80.7 Å². The van der Waals surface area contributed by atoms with E-state index < -0.39 is 0 Å². The Bertz CT molecular complexity index is 172. The maximum absolute atomic E-state index is 11.7. The van der Waals surface area contributed by atoms with Crippen molar-refractivity contribution < 1.29 is 9.90 Å². The van der Waals surface area contributed by atoms with Gasteiger partial charge in [-0.25, -0.2) is 0 Å². The predicted octanol–water partition coefficient (Wildman–Crippen LogP) is 1.12. The van der Waals surface area contributed by atoms with Gasteiger partial charge in [0.25, 0.3) is 0 Å². The van der Waals surface area contributed by atoms with Gasteiger partial charge in [-0.2, -0.15) is 0 Å². The first-order valence-corrected chi connectivity index (χ1v) is 4.66. The van der Waals surface area contributed by atoms with Crippen molar-refractivity contribution in [3.8, 4) is 0 Å². The molecule has 1 N–H and O–H groups in total. The maximum Gasteiger partial charge on any atom is 0.225 e. The van der Waals surface area contributed by atoms with Gasteiger partial charge >= 0.3 is 0 Å². The minimum atomic E-state index is -0.0131. The Morgan fingerprint density at radius 2 is 1.92 bits per heavy atom. The van der Waals surface area contributed by atoms with Crippen molar-refractivity contribution in [3.05, 3.63) is 0 Å². The normalized spacial score (nSPS) is 14.0. The van der Waals surface area contributed by atoms with E-state index in [2.05, 4.69) is 0 Å². The summed E-state index contributed by atoms with van der Waals surface area (Å²) in [5, 5.41) is 8.68. The lowest BCUT2D eigenvalue weighted by atomic mass is 9.81. The first kappa shape index (κ1) is 12.4. The molecule has 0 aromatic heterocycles. The number of carbonyl (C=O) groups excluding carboxylic acids is 1. The lowest BCUT2D eigenvalue weighted by Gasteiger charge is -2.29. The van der Waals surface area contributed by atoms with Crippen LogP contribution in [0.5, 0.6) is 0 Å². The molecule has 0 unspecified atom stereocenters. The van der Waals surface area contributed by atoms with Crippen LogP contribution in [0.4, 0.5) is 0 Å². The van der Waals surface area contributed by atoms with Gasteiger partial charge in [0, 0.05) is 19.5 Å². The molecule has 0 fully saturated rings. The Balaban J connectivity index is 4.26. The zero-order chi connectivity index (χ0) is 10.6. The Morgan fingerprint density at radius 3 is 2.23 bits per heavy atom. The summed E-state index contributed by atoms with van der Waals surface area (Å²) >= 11 is 0. The van der Waals surface area contributed by atoms with Gasteiger partial charge in [0.05, 0.1) is 6.61 Å². The highest BCUT2D eigenvalue weighted by Crippen LogP contribution is 2.26. The lowest BCUT2D eigenvalue weighted by molar-refractivity contribution is -0.137. The van der Waals surface area contributed by atoms with Crippen LogP contribution in [-0.4, -0.2) is 36.1 Å². The van der Waals surface area contributed by atoms with Crippen LogP contribution in [0.1, 0.15) is 27.7 Å². The van der Waals surface area contributed by atoms with Crippen LogP contribution in [0.3, 0.4) is 0 Å². The zero-order valence-electron chi connectivity index (χ0n) is 9.29. The van der Waals surface area contributed by atoms with Crippen molar-refractivity contribution in [2.75, 3.05) is 20.2 Å². The first-order chi connectivity index (χ1) is 5.80. The number of aliphatic hydroxyl groups is 1. The fraction of sp³-hybridized carbons (Fsp3) is 0.900. The molecule has 0 saturated carbocycles. The van der Waals surface area contributed by atoms with E-state index in [0.717, 1.165) is 0 Å². The number of aliphatic hydroxyl groups excluding tert-OH is 1. The summed E-state index contributed by atoms with van der Waals surface area (Å²) in [6.45, 7) is 8.50. The van der Waals surface area contributed by atoms with E-state index in [1.54, 1.807) is 11.9 Å². The number of nitrogens with zero attached hydrogens (tertiary/aromatic N) is 1. The Hall–Kier alpha value is -0.570. The second-order valence-corrected chi connectivity index (χ2v) is 4.57. The molecule has 3 heteroatoms. The van der Waals surface area contributed by atoms with Gasteiger partial charge in [0.15, 0.2) is 0 Å². The quantitative estimate of drug-likeness (QED) is 0.719. The van der Waals surface area contributed by atoms with Crippen molar-refractivity contribution in [3.63, 3.8) is 0 Å². The average molecular weight is 187 g/mol. The van der Waals surface area contributed by atoms with E-state index in [1.807, 2.05) is 27.7 Å². The predicted molar refractivity (Wildman–Crippen MR) is 53.3 cm³/mol. The van der Waals surface area contributed by atoms with Gasteiger partial charge in [-0.15, -0.1) is 0 Å². The van der Waals surface area contributed by atoms with E-state index in [-0.39, 0.29) is 23.8 Å². The van der Waals surface area contributed by atoms with Gasteiger partial charge in [0.1, 0.15) is 0 Å². The molecule has 0 aromatic carbocycles. The molecular formula is C10H21NO2. The van der Waals surface area contributed by atoms with E-state index in [1.165, 1.54) is 0 Å². The van der Waals surface area contributed by atoms with Crippen LogP contribution in [-0.2, 0) is 4.79 Å². The summed E-state index contributed by atoms with van der Waals surface area (Å²) in [5.41, 5.74) is -0.0131. The monoisotopic (exact) mass is 187 g/mol. The molecule has 0 rings (SSSR count). The molecule has 3 nitrogen and oxygen atoms in total. The molecule has 0 aliphatic heterocycles. The van der Waals surface area contributed by atoms with Crippen LogP contribution in [0, 0.1) is 11.3 Å². The maximum atomic E-state index is 11.7. The van der Waals surface area contributed by atoms with E-state index in [9.17, 15) is 4.79 Å². The minimum absolute atomic E-state index is 0.0101. The molecule has 1 amide bonds. The summed E-state index contributed by atoms with van der Waals surface area (Å²) in [4.78, 5) is 13.3. The summed E-state index contributed by atoms with van der Waals surface area (Å²) in [6.07, 6.45) is 0. The van der Waals surface area contributed by atoms with Crippen LogP contribution < -0.4 is 0 Å². The summed E-state index contributed by atoms with van der Waals surface area (Å²) in [6, 6.07) is 0. The Kier molecular flexibility index (Phi) is 4.40. The fourth-order valence-electron chi connectivity index (χ4n) is 0.961. The van der Waals surface area contributed by atoms with E-state index in [4.69, 9.17) is 5.11 Å². The van der Waals surface area contributed by atoms with Crippen LogP contribution in [0.15, 0.2) is 0 Å². The second-order valence-electron chi connectivity index (χ2n) is 4.57. The van der Waals surface area contributed by atoms with Crippen molar-refractivity contribution >= 4 is 5.91 Å². The zero-order valence-corrected chi connectivity index (χ0v) is 9.29. The number of likely N-dealkylation sites (N-methyl/N-ethyl adjacent to an activating group) is 1. The standard InChI is InChI=1S/C10H21NO2/c1-8(10(2,3)4)9(13)11(5)6-7-12/h8,12H,6-7H2,1-5H3/t8-/m1/s1. The minimum Gasteiger partial charge on any atom is -0.395 e. The SMILES string of the molecule is C[C@H](C(=O)N(C)CCO)C(C)(C)C. The fourth-order valence-corrected chi connectivity index (χ4v) is 0.961. The molecule has 0 radical (unpaired) electrons. The molecule has 0 saturated heterocycles. The number of hydrogen-bond donors (Lipinski definition) is 1. The third-order valence-corrected chi connectivity index (χ3v) is 2.48. The van der Waals surface area contributed by atoms with Crippen LogP contribution in [0.25, 0.3) is 0 Å². The number of hydrogen-bond acceptors (Lipinski definition) is 2. The molecule has 0 spiro atoms. The molecule has 0 aliphatic carbocycles. The van der Waals surface area contributed by atoms with Crippen molar-refractivity contribution in [2.24, 2.45) is 11.3 Å². The topological polar surface area (TPSA) is 40.5 Å². The van der Waals surface area contributed by atoms with Crippen LogP contribution >= 0.6 is 0 Å². The summed E-state index contributed by atoms with van der Waals surface area (Å²) in [7, 11) is 1.72. The van der Waals surface area contributed by atoms with Gasteiger partial charge in [-0.1, -0.05) is 27.7 Å². The summed E-state index contributed by atoms with van der Waals surface area (Å²) in [5.74, 6) is 0.0885. The van der Waals surface area contributed by atoms with E-state index >= 15 is 0 Å². The van der Waals surface area contributed by atoms with Crippen molar-refractivity contribution in [1.29, 1.82) is 0 Å². The van der Waals surface area contributed by atoms with E-state index in [0.29, 0.717) is 6.54 Å². The smallest absolute Gasteiger partial charge is 0.225 e. The highest BCUT2D eigenvalue weighted by Gasteiger charge is 2.28. The van der Waals surface area contributed by atoms with Gasteiger partial charge < -0.3 is 10.0 Å². The van der Waals surface area contributed by atoms with Gasteiger partial charge in [-0.05, 0) is 5.41 Å². The van der Waals surface area contributed by atoms with Crippen LogP contribution in [0.2, 0.25) is 0 Å². The molecule has 0 aromatic rings. The van der Waals surface area contributed by atoms with Crippen molar-refractivity contribution in [1.82, 2.24) is 4.90 Å². The highest BCUT2D eigenvalue weighted by molar-refractivity contribution is 5.78. The molecule has 0 aliphatic rings. The molecule has 0 bridgehead atoms. The van der Waals surface area contributed by atoms with Gasteiger partial charge in [0.2, 0.25) is 5.91 Å². The van der Waals surface area contributed by atoms with Crippen molar-refractivity contribution in [2.45, 2.75) is 27.7 Å². The third-order valence-electron chi connectivity index (χ3n) is 2.48. The molecule has 1 atom stereocenters. The second kappa shape index (κ2) is 4.61. The highest BCUT2D eigenvalue weighted by atomic mass is 16.3. The average Bonchev–Trinajstić information content (AvgIpc) is 2.00. The molecular weight excluding hydrogens is 166 g/mol. The number of rotatable bonds is 3. The van der Waals surface area contributed by atoms with Gasteiger partial charge in [-0.3, -0.25) is 4.79 Å². The third kappa shape index (κ3) is 3.77. The molecule has 78 valence electrons. The molecule has 0 heterocycles. The number of amides is 1. The molecule has 13 heavy (non-hydrogen) atoms. The lowest BCUT2D eigenvalue weighted by Crippen LogP contribution is -2.38. The summed E-state index contributed by atoms with van der Waals surface area (Å²) < 4.78 is 0. The Morgan fingerprint density at radius 1 is 1.46 bits per heavy atom. The first-order valence-electron chi connectivity index (χ1n) is 4.66.